The second-order valence-corrected chi connectivity index (χ2v) is 10.6. The molecule has 2 N–H and O–H groups in total. The van der Waals surface area contributed by atoms with Gasteiger partial charge in [0, 0.05) is 0 Å². The summed E-state index contributed by atoms with van der Waals surface area (Å²) in [5, 5.41) is 21.0. The van der Waals surface area contributed by atoms with Gasteiger partial charge >= 0.3 is 0 Å². The Morgan fingerprint density at radius 1 is 1.00 bits per heavy atom. The zero-order valence-corrected chi connectivity index (χ0v) is 16.5. The molecule has 0 amide bonds. The van der Waals surface area contributed by atoms with Crippen molar-refractivity contribution in [1.29, 1.82) is 0 Å². The maximum Gasteiger partial charge on any atom is 0.0623 e. The Labute approximate surface area is 154 Å². The van der Waals surface area contributed by atoms with E-state index in [-0.39, 0.29) is 11.5 Å². The fourth-order valence-electron chi connectivity index (χ4n) is 8.38. The topological polar surface area (TPSA) is 40.5 Å². The number of aliphatic hydroxyl groups excluding tert-OH is 1. The molecule has 4 aliphatic rings. The Hall–Kier alpha value is -0.340. The summed E-state index contributed by atoms with van der Waals surface area (Å²) in [5.41, 5.74) is 0.123. The van der Waals surface area contributed by atoms with Crippen LogP contribution >= 0.6 is 0 Å². The first kappa shape index (κ1) is 18.0. The molecule has 2 nitrogen and oxygen atoms in total. The van der Waals surface area contributed by atoms with Crippen molar-refractivity contribution >= 4 is 0 Å². The molecule has 0 aliphatic heterocycles. The smallest absolute Gasteiger partial charge is 0.0623 e. The number of fused-ring (bicyclic) bond motifs is 5. The fourth-order valence-corrected chi connectivity index (χ4v) is 8.38. The maximum absolute atomic E-state index is 10.6. The number of hydrogen-bond acceptors (Lipinski definition) is 2. The highest BCUT2D eigenvalue weighted by Gasteiger charge is 2.61. The number of rotatable bonds is 2. The normalized spacial score (nSPS) is 56.4. The summed E-state index contributed by atoms with van der Waals surface area (Å²) in [7, 11) is 0. The van der Waals surface area contributed by atoms with E-state index in [0.717, 1.165) is 37.0 Å². The zero-order valence-electron chi connectivity index (χ0n) is 16.5. The third-order valence-electron chi connectivity index (χ3n) is 9.55. The molecule has 9 atom stereocenters. The third-order valence-corrected chi connectivity index (χ3v) is 9.55. The quantitative estimate of drug-likeness (QED) is 0.695. The van der Waals surface area contributed by atoms with Crippen LogP contribution in [0.15, 0.2) is 12.7 Å². The lowest BCUT2D eigenvalue weighted by atomic mass is 9.43. The van der Waals surface area contributed by atoms with Crippen LogP contribution in [0.1, 0.15) is 78.6 Å². The Morgan fingerprint density at radius 2 is 1.76 bits per heavy atom. The summed E-state index contributed by atoms with van der Waals surface area (Å²) in [6.07, 6.45) is 12.8. The van der Waals surface area contributed by atoms with Crippen LogP contribution in [0.2, 0.25) is 0 Å². The van der Waals surface area contributed by atoms with Gasteiger partial charge in [-0.05, 0) is 112 Å². The predicted molar refractivity (Wildman–Crippen MR) is 102 cm³/mol. The summed E-state index contributed by atoms with van der Waals surface area (Å²) in [5.74, 6) is 3.45. The molecular weight excluding hydrogens is 308 g/mol. The van der Waals surface area contributed by atoms with Crippen LogP contribution in [0.3, 0.4) is 0 Å². The number of hydrogen-bond donors (Lipinski definition) is 2. The fraction of sp³-hybridized carbons (Fsp3) is 0.913. The average Bonchev–Trinajstić information content (AvgIpc) is 2.91. The lowest BCUT2D eigenvalue weighted by Gasteiger charge is -2.62. The Balaban J connectivity index is 1.64. The summed E-state index contributed by atoms with van der Waals surface area (Å²) in [6, 6.07) is 0. The second-order valence-electron chi connectivity index (χ2n) is 10.6. The highest BCUT2D eigenvalue weighted by molar-refractivity contribution is 5.16. The van der Waals surface area contributed by atoms with Crippen molar-refractivity contribution < 1.29 is 10.2 Å². The standard InChI is InChI=1S/C23H38O2/c1-5-23-13-12-21(3,25)14-16(23)6-7-17-19-9-8-18(15(2)24)22(19,4)11-10-20(17)23/h5,15-20,24-25H,1,6-14H2,2-4H3/t15?,16-,17-,18+,19-,20-,21+,22+,23-/m0/s1. The summed E-state index contributed by atoms with van der Waals surface area (Å²) in [6.45, 7) is 10.9. The maximum atomic E-state index is 10.6. The minimum absolute atomic E-state index is 0.166. The van der Waals surface area contributed by atoms with Crippen molar-refractivity contribution in [3.63, 3.8) is 0 Å². The van der Waals surface area contributed by atoms with Crippen molar-refractivity contribution in [2.24, 2.45) is 40.4 Å². The van der Waals surface area contributed by atoms with Gasteiger partial charge in [0.1, 0.15) is 0 Å². The van der Waals surface area contributed by atoms with E-state index in [0.29, 0.717) is 17.3 Å². The van der Waals surface area contributed by atoms with Crippen LogP contribution in [0.5, 0.6) is 0 Å². The molecule has 0 aromatic rings. The van der Waals surface area contributed by atoms with Crippen LogP contribution in [-0.4, -0.2) is 21.9 Å². The molecule has 25 heavy (non-hydrogen) atoms. The van der Waals surface area contributed by atoms with Gasteiger partial charge in [-0.15, -0.1) is 6.58 Å². The molecule has 0 aromatic heterocycles. The van der Waals surface area contributed by atoms with Crippen LogP contribution in [0.4, 0.5) is 0 Å². The summed E-state index contributed by atoms with van der Waals surface area (Å²) in [4.78, 5) is 0. The molecular formula is C23H38O2. The first-order valence-corrected chi connectivity index (χ1v) is 10.8. The van der Waals surface area contributed by atoms with Crippen LogP contribution in [0, 0.1) is 40.4 Å². The van der Waals surface area contributed by atoms with Gasteiger partial charge in [-0.1, -0.05) is 13.0 Å². The largest absolute Gasteiger partial charge is 0.393 e. The number of allylic oxidation sites excluding steroid dienone is 1. The van der Waals surface area contributed by atoms with Gasteiger partial charge in [0.2, 0.25) is 0 Å². The van der Waals surface area contributed by atoms with E-state index in [1.807, 2.05) is 13.8 Å². The molecule has 0 bridgehead atoms. The molecule has 0 aromatic carbocycles. The lowest BCUT2D eigenvalue weighted by Crippen LogP contribution is -2.56. The van der Waals surface area contributed by atoms with Crippen molar-refractivity contribution in [1.82, 2.24) is 0 Å². The van der Waals surface area contributed by atoms with Crippen LogP contribution < -0.4 is 0 Å². The van der Waals surface area contributed by atoms with Crippen molar-refractivity contribution in [2.75, 3.05) is 0 Å². The van der Waals surface area contributed by atoms with E-state index in [1.165, 1.54) is 38.5 Å². The Bertz CT molecular complexity index is 538. The van der Waals surface area contributed by atoms with Crippen molar-refractivity contribution in [2.45, 2.75) is 90.3 Å². The van der Waals surface area contributed by atoms with Crippen molar-refractivity contribution in [3.8, 4) is 0 Å². The van der Waals surface area contributed by atoms with E-state index in [1.54, 1.807) is 0 Å². The summed E-state index contributed by atoms with van der Waals surface area (Å²) >= 11 is 0. The van der Waals surface area contributed by atoms with Gasteiger partial charge < -0.3 is 10.2 Å². The molecule has 0 radical (unpaired) electrons. The van der Waals surface area contributed by atoms with Gasteiger partial charge in [0.25, 0.3) is 0 Å². The molecule has 4 aliphatic carbocycles. The number of aliphatic hydroxyl groups is 2. The van der Waals surface area contributed by atoms with Gasteiger partial charge in [-0.3, -0.25) is 0 Å². The molecule has 4 fully saturated rings. The van der Waals surface area contributed by atoms with E-state index in [2.05, 4.69) is 19.6 Å². The SMILES string of the molecule is C=C[C@]12CC[C@@](C)(O)C[C@@H]1CC[C@H]1[C@@H]3CC[C@H](C(C)O)[C@@]3(C)CC[C@@H]12. The highest BCUT2D eigenvalue weighted by Crippen LogP contribution is 2.68. The van der Waals surface area contributed by atoms with Gasteiger partial charge in [0.05, 0.1) is 11.7 Å². The average molecular weight is 347 g/mol. The van der Waals surface area contributed by atoms with E-state index in [4.69, 9.17) is 0 Å². The van der Waals surface area contributed by atoms with Crippen molar-refractivity contribution in [3.05, 3.63) is 12.7 Å². The van der Waals surface area contributed by atoms with Crippen LogP contribution in [-0.2, 0) is 0 Å². The van der Waals surface area contributed by atoms with E-state index in [9.17, 15) is 10.2 Å². The summed E-state index contributed by atoms with van der Waals surface area (Å²) < 4.78 is 0. The third kappa shape index (κ3) is 2.50. The first-order valence-electron chi connectivity index (χ1n) is 10.8. The predicted octanol–water partition coefficient (Wildman–Crippen LogP) is 4.94. The first-order chi connectivity index (χ1) is 11.7. The monoisotopic (exact) mass is 346 g/mol. The van der Waals surface area contributed by atoms with E-state index >= 15 is 0 Å². The highest BCUT2D eigenvalue weighted by atomic mass is 16.3. The van der Waals surface area contributed by atoms with Gasteiger partial charge in [-0.25, -0.2) is 0 Å². The molecule has 142 valence electrons. The Morgan fingerprint density at radius 3 is 2.44 bits per heavy atom. The molecule has 0 heterocycles. The zero-order chi connectivity index (χ0) is 18.0. The molecule has 0 saturated heterocycles. The van der Waals surface area contributed by atoms with Crippen LogP contribution in [0.25, 0.3) is 0 Å². The minimum Gasteiger partial charge on any atom is -0.393 e. The second kappa shape index (κ2) is 5.83. The molecule has 1 unspecified atom stereocenters. The molecule has 4 rings (SSSR count). The van der Waals surface area contributed by atoms with E-state index < -0.39 is 5.60 Å². The molecule has 4 saturated carbocycles. The minimum atomic E-state index is -0.474. The molecule has 0 spiro atoms. The molecule has 2 heteroatoms. The van der Waals surface area contributed by atoms with Gasteiger partial charge in [0.15, 0.2) is 0 Å². The Kier molecular flexibility index (Phi) is 4.21. The lowest BCUT2D eigenvalue weighted by molar-refractivity contribution is -0.137. The van der Waals surface area contributed by atoms with Gasteiger partial charge in [-0.2, -0.15) is 0 Å².